The van der Waals surface area contributed by atoms with Crippen LogP contribution in [0.4, 0.5) is 0 Å². The molecule has 0 unspecified atom stereocenters. The average molecular weight is 364 g/mol. The van der Waals surface area contributed by atoms with Gasteiger partial charge in [0.25, 0.3) is 0 Å². The summed E-state index contributed by atoms with van der Waals surface area (Å²) in [6.07, 6.45) is 1.28. The number of ketones is 2. The van der Waals surface area contributed by atoms with Gasteiger partial charge >= 0.3 is 21.7 Å². The summed E-state index contributed by atoms with van der Waals surface area (Å²) in [5.41, 5.74) is 0. The molecule has 0 aromatic rings. The van der Waals surface area contributed by atoms with Gasteiger partial charge in [-0.05, 0) is 26.0 Å². The summed E-state index contributed by atoms with van der Waals surface area (Å²) in [6, 6.07) is 0. The summed E-state index contributed by atoms with van der Waals surface area (Å²) < 4.78 is 0. The third kappa shape index (κ3) is 154. The SMILES string of the molecule is CC(=O)C=C(C)[O-].CC(=O)C=C(C)[O-].CC(C)[O-].CC(C)[O-].[Ti+4]. The summed E-state index contributed by atoms with van der Waals surface area (Å²) in [5, 5.41) is 39.0. The number of hydrogen-bond donors (Lipinski definition) is 0. The van der Waals surface area contributed by atoms with Crippen molar-refractivity contribution in [1.82, 2.24) is 0 Å². The third-order valence-electron chi connectivity index (χ3n) is 0.813. The predicted octanol–water partition coefficient (Wildman–Crippen LogP) is -0.813. The summed E-state index contributed by atoms with van der Waals surface area (Å²) in [5.74, 6) is -0.750. The van der Waals surface area contributed by atoms with Gasteiger partial charge < -0.3 is 20.4 Å². The van der Waals surface area contributed by atoms with Crippen molar-refractivity contribution in [3.8, 4) is 0 Å². The Hall–Kier alpha value is -0.946. The van der Waals surface area contributed by atoms with E-state index in [2.05, 4.69) is 0 Å². The molecule has 0 aromatic carbocycles. The number of carbonyl (C=O) groups excluding carboxylic acids is 2. The smallest absolute Gasteiger partial charge is 0.876 e. The van der Waals surface area contributed by atoms with E-state index in [1.54, 1.807) is 27.7 Å². The van der Waals surface area contributed by atoms with Crippen LogP contribution in [0.15, 0.2) is 23.7 Å². The van der Waals surface area contributed by atoms with Crippen LogP contribution in [0, 0.1) is 0 Å². The molecule has 0 aromatic heterocycles. The minimum absolute atomic E-state index is 0. The Morgan fingerprint density at radius 1 is 0.696 bits per heavy atom. The van der Waals surface area contributed by atoms with Gasteiger partial charge in [-0.3, -0.25) is 9.59 Å². The van der Waals surface area contributed by atoms with E-state index in [4.69, 9.17) is 0 Å². The van der Waals surface area contributed by atoms with Gasteiger partial charge in [0.15, 0.2) is 11.6 Å². The summed E-state index contributed by atoms with van der Waals surface area (Å²) in [4.78, 5) is 20.0. The van der Waals surface area contributed by atoms with Crippen molar-refractivity contribution in [2.45, 2.75) is 67.6 Å². The second-order valence-corrected chi connectivity index (χ2v) is 4.83. The van der Waals surface area contributed by atoms with Crippen LogP contribution < -0.4 is 20.4 Å². The molecule has 0 rings (SSSR count). The molecule has 0 bridgehead atoms. The van der Waals surface area contributed by atoms with Crippen LogP contribution >= 0.6 is 0 Å². The van der Waals surface area contributed by atoms with Gasteiger partial charge in [-0.1, -0.05) is 41.5 Å². The van der Waals surface area contributed by atoms with Crippen LogP contribution in [0.25, 0.3) is 0 Å². The van der Waals surface area contributed by atoms with Crippen molar-refractivity contribution < 1.29 is 51.7 Å². The van der Waals surface area contributed by atoms with Gasteiger partial charge in [0.1, 0.15) is 0 Å². The first-order chi connectivity index (χ1) is 9.72. The van der Waals surface area contributed by atoms with Crippen molar-refractivity contribution in [2.24, 2.45) is 0 Å². The molecule has 0 spiro atoms. The van der Waals surface area contributed by atoms with Crippen molar-refractivity contribution >= 4 is 11.6 Å². The van der Waals surface area contributed by atoms with Gasteiger partial charge in [0.2, 0.25) is 0 Å². The zero-order chi connectivity index (χ0) is 18.9. The maximum absolute atomic E-state index is 9.98. The molecule has 23 heavy (non-hydrogen) atoms. The Morgan fingerprint density at radius 2 is 0.826 bits per heavy atom. The Morgan fingerprint density at radius 3 is 0.826 bits per heavy atom. The van der Waals surface area contributed by atoms with Gasteiger partial charge in [-0.25, -0.2) is 0 Å². The molecule has 0 amide bonds. The zero-order valence-corrected chi connectivity index (χ0v) is 16.8. The average Bonchev–Trinajstić information content (AvgIpc) is 2.10. The van der Waals surface area contributed by atoms with Crippen LogP contribution in [0.3, 0.4) is 0 Å². The van der Waals surface area contributed by atoms with Gasteiger partial charge in [0.05, 0.1) is 0 Å². The molecule has 132 valence electrons. The molecule has 7 heteroatoms. The first kappa shape index (κ1) is 33.6. The maximum atomic E-state index is 9.98. The van der Waals surface area contributed by atoms with Crippen LogP contribution in [-0.4, -0.2) is 23.8 Å². The Kier molecular flexibility index (Phi) is 34.1. The molecular weight excluding hydrogens is 336 g/mol. The Balaban J connectivity index is -0.0000000639. The Labute approximate surface area is 154 Å². The molecule has 0 fully saturated rings. The monoisotopic (exact) mass is 364 g/mol. The van der Waals surface area contributed by atoms with Crippen LogP contribution in [-0.2, 0) is 31.3 Å². The number of rotatable bonds is 2. The molecule has 6 nitrogen and oxygen atoms in total. The maximum Gasteiger partial charge on any atom is 4.00 e. The molecule has 0 atom stereocenters. The van der Waals surface area contributed by atoms with E-state index in [0.717, 1.165) is 12.2 Å². The molecule has 0 saturated carbocycles. The summed E-state index contributed by atoms with van der Waals surface area (Å²) >= 11 is 0. The van der Waals surface area contributed by atoms with E-state index in [1.807, 2.05) is 0 Å². The Bertz CT molecular complexity index is 299. The quantitative estimate of drug-likeness (QED) is 0.358. The van der Waals surface area contributed by atoms with Gasteiger partial charge in [-0.15, -0.1) is 23.7 Å². The van der Waals surface area contributed by atoms with Gasteiger partial charge in [0, 0.05) is 0 Å². The standard InChI is InChI=1S/2C5H8O2.2C3H7O.Ti/c2*1-4(6)3-5(2)7;2*1-3(2)4;/h2*3,6H,1-2H3;2*3H,1-2H3;/q;;2*-1;+4/p-2. The molecule has 0 heterocycles. The normalized spacial score (nSPS) is 10.1. The molecule has 0 saturated heterocycles. The fraction of sp³-hybridized carbons (Fsp3) is 0.625. The second kappa shape index (κ2) is 23.3. The second-order valence-electron chi connectivity index (χ2n) is 4.83. The van der Waals surface area contributed by atoms with E-state index < -0.39 is 12.2 Å². The van der Waals surface area contributed by atoms with E-state index >= 15 is 0 Å². The minimum Gasteiger partial charge on any atom is -0.876 e. The van der Waals surface area contributed by atoms with Crippen molar-refractivity contribution in [2.75, 3.05) is 0 Å². The van der Waals surface area contributed by atoms with Gasteiger partial charge in [-0.2, -0.15) is 0 Å². The number of carbonyl (C=O) groups is 2. The van der Waals surface area contributed by atoms with Crippen molar-refractivity contribution in [1.29, 1.82) is 0 Å². The molecule has 0 radical (unpaired) electrons. The number of hydrogen-bond acceptors (Lipinski definition) is 6. The predicted molar refractivity (Wildman–Crippen MR) is 79.1 cm³/mol. The van der Waals surface area contributed by atoms with E-state index in [-0.39, 0.29) is 44.8 Å². The largest absolute Gasteiger partial charge is 4.00 e. The zero-order valence-electron chi connectivity index (χ0n) is 15.3. The van der Waals surface area contributed by atoms with Crippen LogP contribution in [0.1, 0.15) is 55.4 Å². The topological polar surface area (TPSA) is 126 Å². The fourth-order valence-corrected chi connectivity index (χ4v) is 0.572. The third-order valence-corrected chi connectivity index (χ3v) is 0.813. The van der Waals surface area contributed by atoms with E-state index in [1.165, 1.54) is 27.7 Å². The summed E-state index contributed by atoms with van der Waals surface area (Å²) in [7, 11) is 0. The molecule has 0 N–H and O–H groups in total. The molecule has 0 aliphatic heterocycles. The van der Waals surface area contributed by atoms with Crippen LogP contribution in [0.5, 0.6) is 0 Å². The van der Waals surface area contributed by atoms with E-state index in [9.17, 15) is 30.0 Å². The minimum atomic E-state index is -0.417. The summed E-state index contributed by atoms with van der Waals surface area (Å²) in [6.45, 7) is 11.8. The van der Waals surface area contributed by atoms with Crippen LogP contribution in [0.2, 0.25) is 0 Å². The van der Waals surface area contributed by atoms with Crippen molar-refractivity contribution in [3.05, 3.63) is 23.7 Å². The molecular formula is C16H28O6Ti. The molecule has 0 aliphatic carbocycles. The fourth-order valence-electron chi connectivity index (χ4n) is 0.572. The first-order valence-electron chi connectivity index (χ1n) is 6.75. The van der Waals surface area contributed by atoms with E-state index in [0.29, 0.717) is 0 Å². The first-order valence-corrected chi connectivity index (χ1v) is 6.75. The van der Waals surface area contributed by atoms with Crippen molar-refractivity contribution in [3.63, 3.8) is 0 Å². The molecule has 0 aliphatic rings. The number of allylic oxidation sites excluding steroid dienone is 4.